The third-order valence-electron chi connectivity index (χ3n) is 2.40. The van der Waals surface area contributed by atoms with Gasteiger partial charge < -0.3 is 5.11 Å². The molecule has 0 saturated heterocycles. The molecule has 0 bridgehead atoms. The van der Waals surface area contributed by atoms with E-state index in [-0.39, 0.29) is 16.0 Å². The largest absolute Gasteiger partial charge is 0.508 e. The fourth-order valence-electron chi connectivity index (χ4n) is 1.62. The summed E-state index contributed by atoms with van der Waals surface area (Å²) in [6.45, 7) is 0. The Bertz CT molecular complexity index is 801. The predicted molar refractivity (Wildman–Crippen MR) is 86.2 cm³/mol. The summed E-state index contributed by atoms with van der Waals surface area (Å²) in [6, 6.07) is 2.39. The third kappa shape index (κ3) is 2.73. The van der Waals surface area contributed by atoms with Crippen LogP contribution >= 0.6 is 63.7 Å². The SMILES string of the molecule is O=S(=O)(O)c1cc(O)cc2c(Br)c(Br)c(Br)c(Br)c12. The van der Waals surface area contributed by atoms with Gasteiger partial charge in [0.05, 0.1) is 0 Å². The van der Waals surface area contributed by atoms with Crippen LogP contribution in [0.4, 0.5) is 0 Å². The van der Waals surface area contributed by atoms with Crippen molar-refractivity contribution >= 4 is 84.6 Å². The maximum atomic E-state index is 11.4. The zero-order valence-corrected chi connectivity index (χ0v) is 15.9. The molecule has 0 radical (unpaired) electrons. The van der Waals surface area contributed by atoms with Crippen molar-refractivity contribution in [2.75, 3.05) is 0 Å². The van der Waals surface area contributed by atoms with Crippen molar-refractivity contribution in [3.05, 3.63) is 30.0 Å². The average molecular weight is 540 g/mol. The average Bonchev–Trinajstić information content (AvgIpc) is 2.31. The van der Waals surface area contributed by atoms with Gasteiger partial charge in [0.1, 0.15) is 10.6 Å². The third-order valence-corrected chi connectivity index (χ3v) is 8.08. The minimum absolute atomic E-state index is 0.262. The van der Waals surface area contributed by atoms with Crippen molar-refractivity contribution in [1.29, 1.82) is 0 Å². The topological polar surface area (TPSA) is 74.6 Å². The minimum atomic E-state index is -4.47. The maximum absolute atomic E-state index is 11.4. The lowest BCUT2D eigenvalue weighted by atomic mass is 10.1. The van der Waals surface area contributed by atoms with Gasteiger partial charge in [0.25, 0.3) is 10.1 Å². The Hall–Kier alpha value is 0.330. The van der Waals surface area contributed by atoms with Crippen molar-refractivity contribution in [2.45, 2.75) is 4.90 Å². The fraction of sp³-hybridized carbons (Fsp3) is 0. The number of benzene rings is 2. The van der Waals surface area contributed by atoms with Crippen LogP contribution in [0.25, 0.3) is 10.8 Å². The fourth-order valence-corrected chi connectivity index (χ4v) is 4.97. The van der Waals surface area contributed by atoms with Gasteiger partial charge in [-0.1, -0.05) is 0 Å². The highest BCUT2D eigenvalue weighted by molar-refractivity contribution is 9.15. The van der Waals surface area contributed by atoms with Crippen LogP contribution in [0.2, 0.25) is 0 Å². The molecular weight excluding hydrogens is 536 g/mol. The molecule has 0 amide bonds. The molecule has 2 aromatic rings. The minimum Gasteiger partial charge on any atom is -0.508 e. The highest BCUT2D eigenvalue weighted by Crippen LogP contribution is 2.46. The Labute approximate surface area is 142 Å². The molecule has 0 aliphatic rings. The molecule has 0 unspecified atom stereocenters. The molecular formula is C10H4Br4O4S. The van der Waals surface area contributed by atoms with Crippen molar-refractivity contribution in [2.24, 2.45) is 0 Å². The van der Waals surface area contributed by atoms with Crippen LogP contribution in [-0.2, 0) is 10.1 Å². The van der Waals surface area contributed by atoms with Crippen LogP contribution in [0.5, 0.6) is 5.75 Å². The van der Waals surface area contributed by atoms with Crippen molar-refractivity contribution in [3.8, 4) is 5.75 Å². The van der Waals surface area contributed by atoms with Gasteiger partial charge in [-0.2, -0.15) is 8.42 Å². The van der Waals surface area contributed by atoms with Gasteiger partial charge in [-0.3, -0.25) is 4.55 Å². The Balaban J connectivity index is 3.18. The van der Waals surface area contributed by atoms with Gasteiger partial charge >= 0.3 is 0 Å². The lowest BCUT2D eigenvalue weighted by Crippen LogP contribution is -2.00. The molecule has 19 heavy (non-hydrogen) atoms. The monoisotopic (exact) mass is 536 g/mol. The number of halogens is 4. The molecule has 0 spiro atoms. The summed E-state index contributed by atoms with van der Waals surface area (Å²) in [5.41, 5.74) is 0. The first-order chi connectivity index (χ1) is 8.64. The molecule has 9 heteroatoms. The van der Waals surface area contributed by atoms with Crippen LogP contribution in [-0.4, -0.2) is 18.1 Å². The molecule has 0 aliphatic heterocycles. The second-order valence-corrected chi connectivity index (χ2v) is 8.16. The number of hydrogen-bond acceptors (Lipinski definition) is 3. The molecule has 0 fully saturated rings. The van der Waals surface area contributed by atoms with E-state index < -0.39 is 10.1 Å². The van der Waals surface area contributed by atoms with Gasteiger partial charge in [0.15, 0.2) is 0 Å². The summed E-state index contributed by atoms with van der Waals surface area (Å²) in [5.74, 6) is -0.262. The first-order valence-electron chi connectivity index (χ1n) is 4.60. The molecule has 2 rings (SSSR count). The summed E-state index contributed by atoms with van der Waals surface area (Å²) in [7, 11) is -4.47. The number of rotatable bonds is 1. The summed E-state index contributed by atoms with van der Waals surface area (Å²) < 4.78 is 34.4. The van der Waals surface area contributed by atoms with Crippen LogP contribution in [0.3, 0.4) is 0 Å². The van der Waals surface area contributed by atoms with E-state index in [0.29, 0.717) is 23.3 Å². The van der Waals surface area contributed by atoms with E-state index in [1.54, 1.807) is 0 Å². The highest BCUT2D eigenvalue weighted by Gasteiger charge is 2.22. The van der Waals surface area contributed by atoms with Gasteiger partial charge in [-0.15, -0.1) is 0 Å². The number of phenols is 1. The number of fused-ring (bicyclic) bond motifs is 1. The molecule has 2 aromatic carbocycles. The molecule has 102 valence electrons. The second-order valence-electron chi connectivity index (χ2n) is 3.60. The van der Waals surface area contributed by atoms with Crippen LogP contribution in [0.1, 0.15) is 0 Å². The molecule has 0 heterocycles. The zero-order chi connectivity index (χ0) is 14.5. The Morgan fingerprint density at radius 3 is 1.95 bits per heavy atom. The van der Waals surface area contributed by atoms with Crippen molar-refractivity contribution in [3.63, 3.8) is 0 Å². The Kier molecular flexibility index (Phi) is 4.36. The van der Waals surface area contributed by atoms with Crippen LogP contribution < -0.4 is 0 Å². The van der Waals surface area contributed by atoms with E-state index in [1.165, 1.54) is 6.07 Å². The van der Waals surface area contributed by atoms with E-state index >= 15 is 0 Å². The maximum Gasteiger partial charge on any atom is 0.295 e. The van der Waals surface area contributed by atoms with Gasteiger partial charge in [-0.25, -0.2) is 0 Å². The van der Waals surface area contributed by atoms with Gasteiger partial charge in [0, 0.05) is 34.7 Å². The normalized spacial score (nSPS) is 12.1. The molecule has 0 saturated carbocycles. The lowest BCUT2D eigenvalue weighted by molar-refractivity contribution is 0.468. The smallest absolute Gasteiger partial charge is 0.295 e. The summed E-state index contributed by atoms with van der Waals surface area (Å²) in [6.07, 6.45) is 0. The highest BCUT2D eigenvalue weighted by atomic mass is 79.9. The molecule has 4 nitrogen and oxygen atoms in total. The Morgan fingerprint density at radius 2 is 1.42 bits per heavy atom. The summed E-state index contributed by atoms with van der Waals surface area (Å²) in [5, 5.41) is 10.3. The zero-order valence-electron chi connectivity index (χ0n) is 8.79. The van der Waals surface area contributed by atoms with E-state index in [1.807, 2.05) is 0 Å². The number of aromatic hydroxyl groups is 1. The lowest BCUT2D eigenvalue weighted by Gasteiger charge is -2.12. The van der Waals surface area contributed by atoms with E-state index in [0.717, 1.165) is 6.07 Å². The van der Waals surface area contributed by atoms with E-state index in [9.17, 15) is 18.1 Å². The molecule has 0 atom stereocenters. The number of hydrogen-bond donors (Lipinski definition) is 2. The van der Waals surface area contributed by atoms with Crippen molar-refractivity contribution < 1.29 is 18.1 Å². The molecule has 0 aromatic heterocycles. The van der Waals surface area contributed by atoms with E-state index in [2.05, 4.69) is 63.7 Å². The second kappa shape index (κ2) is 5.27. The van der Waals surface area contributed by atoms with Crippen LogP contribution in [0, 0.1) is 0 Å². The predicted octanol–water partition coefficient (Wildman–Crippen LogP) is 4.84. The van der Waals surface area contributed by atoms with E-state index in [4.69, 9.17) is 0 Å². The summed E-state index contributed by atoms with van der Waals surface area (Å²) >= 11 is 13.2. The first kappa shape index (κ1) is 15.7. The standard InChI is InChI=1S/C10H4Br4O4S/c11-7-4-1-3(15)2-5(19(16,17)18)6(4)8(12)10(14)9(7)13/h1-2,15H,(H,16,17,18). The molecule has 2 N–H and O–H groups in total. The summed E-state index contributed by atoms with van der Waals surface area (Å²) in [4.78, 5) is -0.372. The first-order valence-corrected chi connectivity index (χ1v) is 9.22. The number of phenolic OH excluding ortho intramolecular Hbond substituents is 1. The van der Waals surface area contributed by atoms with Crippen LogP contribution in [0.15, 0.2) is 34.9 Å². The van der Waals surface area contributed by atoms with Gasteiger partial charge in [0.2, 0.25) is 0 Å². The van der Waals surface area contributed by atoms with Gasteiger partial charge in [-0.05, 0) is 69.8 Å². The Morgan fingerprint density at radius 1 is 0.895 bits per heavy atom. The molecule has 0 aliphatic carbocycles. The quantitative estimate of drug-likeness (QED) is 0.309. The van der Waals surface area contributed by atoms with Crippen molar-refractivity contribution in [1.82, 2.24) is 0 Å².